The van der Waals surface area contributed by atoms with E-state index < -0.39 is 5.54 Å². The first kappa shape index (κ1) is 12.1. The molecule has 0 spiro atoms. The molecule has 2 aromatic rings. The van der Waals surface area contributed by atoms with E-state index in [1.54, 1.807) is 22.9 Å². The van der Waals surface area contributed by atoms with Crippen molar-refractivity contribution in [3.8, 4) is 0 Å². The molecule has 0 aliphatic heterocycles. The van der Waals surface area contributed by atoms with E-state index in [1.165, 1.54) is 12.3 Å². The molecule has 2 heterocycles. The highest BCUT2D eigenvalue weighted by atomic mass is 32.1. The van der Waals surface area contributed by atoms with Gasteiger partial charge in [0, 0.05) is 17.5 Å². The van der Waals surface area contributed by atoms with E-state index in [2.05, 4.69) is 9.97 Å². The number of hydrogen-bond donors (Lipinski definition) is 1. The van der Waals surface area contributed by atoms with Gasteiger partial charge in [-0.05, 0) is 18.6 Å². The Hall–Kier alpha value is -1.33. The lowest BCUT2D eigenvalue weighted by molar-refractivity contribution is 0.413. The summed E-state index contributed by atoms with van der Waals surface area (Å²) in [5, 5.41) is 0. The first-order valence-corrected chi connectivity index (χ1v) is 6.30. The van der Waals surface area contributed by atoms with E-state index in [-0.39, 0.29) is 5.82 Å². The van der Waals surface area contributed by atoms with Crippen LogP contribution in [0.15, 0.2) is 30.0 Å². The molecule has 0 saturated carbocycles. The van der Waals surface area contributed by atoms with E-state index in [0.29, 0.717) is 6.42 Å². The first-order chi connectivity index (χ1) is 8.14. The molecule has 0 fully saturated rings. The van der Waals surface area contributed by atoms with Gasteiger partial charge in [-0.15, -0.1) is 11.3 Å². The van der Waals surface area contributed by atoms with E-state index in [4.69, 9.17) is 5.73 Å². The maximum atomic E-state index is 12.8. The molecule has 0 aromatic carbocycles. The summed E-state index contributed by atoms with van der Waals surface area (Å²) in [6.45, 7) is 2.01. The van der Waals surface area contributed by atoms with Gasteiger partial charge in [0.15, 0.2) is 0 Å². The average molecular weight is 251 g/mol. The van der Waals surface area contributed by atoms with E-state index in [1.807, 2.05) is 13.1 Å². The number of hydrogen-bond acceptors (Lipinski definition) is 4. The average Bonchev–Trinajstić information content (AvgIpc) is 2.82. The Morgan fingerprint density at radius 3 is 2.76 bits per heavy atom. The highest BCUT2D eigenvalue weighted by molar-refractivity contribution is 7.09. The molecule has 0 aliphatic rings. The predicted octanol–water partition coefficient (Wildman–Crippen LogP) is 2.48. The van der Waals surface area contributed by atoms with Crippen LogP contribution in [0, 0.1) is 5.82 Å². The maximum Gasteiger partial charge on any atom is 0.141 e. The second-order valence-corrected chi connectivity index (χ2v) is 4.99. The molecule has 1 atom stereocenters. The Labute approximate surface area is 104 Å². The third kappa shape index (κ3) is 2.68. The Morgan fingerprint density at radius 2 is 2.24 bits per heavy atom. The zero-order chi connectivity index (χ0) is 12.3. The van der Waals surface area contributed by atoms with Gasteiger partial charge in [0.2, 0.25) is 0 Å². The molecule has 2 aromatic heterocycles. The monoisotopic (exact) mass is 251 g/mol. The quantitative estimate of drug-likeness (QED) is 0.908. The lowest BCUT2D eigenvalue weighted by Crippen LogP contribution is -2.39. The molecule has 1 unspecified atom stereocenters. The number of nitrogens with zero attached hydrogens (tertiary/aromatic N) is 2. The van der Waals surface area contributed by atoms with Gasteiger partial charge in [-0.1, -0.05) is 6.92 Å². The summed E-state index contributed by atoms with van der Waals surface area (Å²) in [4.78, 5) is 9.23. The number of halogens is 1. The fourth-order valence-electron chi connectivity index (χ4n) is 1.71. The number of nitrogens with two attached hydrogens (primary N) is 1. The van der Waals surface area contributed by atoms with Gasteiger partial charge in [0.25, 0.3) is 0 Å². The topological polar surface area (TPSA) is 51.8 Å². The molecule has 90 valence electrons. The molecule has 5 heteroatoms. The van der Waals surface area contributed by atoms with Crippen molar-refractivity contribution in [2.45, 2.75) is 25.3 Å². The zero-order valence-electron chi connectivity index (χ0n) is 9.56. The molecule has 2 N–H and O–H groups in total. The summed E-state index contributed by atoms with van der Waals surface area (Å²) in [5.41, 5.74) is 8.30. The van der Waals surface area contributed by atoms with Crippen molar-refractivity contribution >= 4 is 11.3 Å². The number of pyridine rings is 1. The van der Waals surface area contributed by atoms with Gasteiger partial charge in [-0.3, -0.25) is 9.97 Å². The zero-order valence-corrected chi connectivity index (χ0v) is 10.4. The van der Waals surface area contributed by atoms with Crippen molar-refractivity contribution < 1.29 is 4.39 Å². The highest BCUT2D eigenvalue weighted by Crippen LogP contribution is 2.26. The van der Waals surface area contributed by atoms with E-state index >= 15 is 0 Å². The smallest absolute Gasteiger partial charge is 0.141 e. The summed E-state index contributed by atoms with van der Waals surface area (Å²) in [6, 6.07) is 3.05. The predicted molar refractivity (Wildman–Crippen MR) is 66.2 cm³/mol. The SMILES string of the molecule is CCC(N)(Cc1cncs1)c1ccc(F)cn1. The molecular weight excluding hydrogens is 237 g/mol. The Morgan fingerprint density at radius 1 is 1.41 bits per heavy atom. The van der Waals surface area contributed by atoms with Crippen LogP contribution in [0.25, 0.3) is 0 Å². The Kier molecular flexibility index (Phi) is 3.49. The van der Waals surface area contributed by atoms with Crippen LogP contribution in [0.1, 0.15) is 23.9 Å². The molecular formula is C12H14FN3S. The van der Waals surface area contributed by atoms with Crippen LogP contribution in [-0.2, 0) is 12.0 Å². The lowest BCUT2D eigenvalue weighted by atomic mass is 9.88. The minimum absolute atomic E-state index is 0.343. The van der Waals surface area contributed by atoms with Crippen LogP contribution in [0.4, 0.5) is 4.39 Å². The molecule has 0 amide bonds. The lowest BCUT2D eigenvalue weighted by Gasteiger charge is -2.26. The van der Waals surface area contributed by atoms with Crippen LogP contribution in [-0.4, -0.2) is 9.97 Å². The molecule has 3 nitrogen and oxygen atoms in total. The summed E-state index contributed by atoms with van der Waals surface area (Å²) in [7, 11) is 0. The minimum Gasteiger partial charge on any atom is -0.320 e. The van der Waals surface area contributed by atoms with Crippen molar-refractivity contribution in [3.05, 3.63) is 46.4 Å². The van der Waals surface area contributed by atoms with E-state index in [9.17, 15) is 4.39 Å². The van der Waals surface area contributed by atoms with Gasteiger partial charge in [-0.2, -0.15) is 0 Å². The number of rotatable bonds is 4. The van der Waals surface area contributed by atoms with Gasteiger partial charge < -0.3 is 5.73 Å². The second-order valence-electron chi connectivity index (χ2n) is 4.02. The summed E-state index contributed by atoms with van der Waals surface area (Å²) >= 11 is 1.57. The van der Waals surface area contributed by atoms with Crippen LogP contribution in [0.2, 0.25) is 0 Å². The summed E-state index contributed by atoms with van der Waals surface area (Å²) in [6.07, 6.45) is 4.43. The van der Waals surface area contributed by atoms with Crippen LogP contribution < -0.4 is 5.73 Å². The van der Waals surface area contributed by atoms with Crippen molar-refractivity contribution in [2.75, 3.05) is 0 Å². The van der Waals surface area contributed by atoms with Crippen molar-refractivity contribution in [1.29, 1.82) is 0 Å². The third-order valence-electron chi connectivity index (χ3n) is 2.84. The van der Waals surface area contributed by atoms with Crippen molar-refractivity contribution in [3.63, 3.8) is 0 Å². The van der Waals surface area contributed by atoms with Crippen LogP contribution >= 0.6 is 11.3 Å². The molecule has 2 rings (SSSR count). The minimum atomic E-state index is -0.555. The fourth-order valence-corrected chi connectivity index (χ4v) is 2.43. The first-order valence-electron chi connectivity index (χ1n) is 5.42. The highest BCUT2D eigenvalue weighted by Gasteiger charge is 2.27. The maximum absolute atomic E-state index is 12.8. The standard InChI is InChI=1S/C12H14FN3S/c1-2-12(14,5-10-7-15-8-17-10)11-4-3-9(13)6-16-11/h3-4,6-8H,2,5,14H2,1H3. The molecule has 0 radical (unpaired) electrons. The van der Waals surface area contributed by atoms with Gasteiger partial charge >= 0.3 is 0 Å². The summed E-state index contributed by atoms with van der Waals surface area (Å²) in [5.74, 6) is -0.343. The number of thiazole rings is 1. The van der Waals surface area contributed by atoms with E-state index in [0.717, 1.165) is 17.0 Å². The van der Waals surface area contributed by atoms with Crippen molar-refractivity contribution in [1.82, 2.24) is 9.97 Å². The van der Waals surface area contributed by atoms with Gasteiger partial charge in [0.05, 0.1) is 22.9 Å². The molecule has 17 heavy (non-hydrogen) atoms. The third-order valence-corrected chi connectivity index (χ3v) is 3.62. The van der Waals surface area contributed by atoms with Gasteiger partial charge in [0.1, 0.15) is 5.82 Å². The molecule has 0 bridgehead atoms. The fraction of sp³-hybridized carbons (Fsp3) is 0.333. The van der Waals surface area contributed by atoms with Crippen LogP contribution in [0.5, 0.6) is 0 Å². The Balaban J connectivity index is 2.27. The summed E-state index contributed by atoms with van der Waals surface area (Å²) < 4.78 is 12.8. The molecule has 0 aliphatic carbocycles. The Bertz CT molecular complexity index is 469. The largest absolute Gasteiger partial charge is 0.320 e. The van der Waals surface area contributed by atoms with Crippen molar-refractivity contribution in [2.24, 2.45) is 5.73 Å². The normalized spacial score (nSPS) is 14.5. The van der Waals surface area contributed by atoms with Crippen LogP contribution in [0.3, 0.4) is 0 Å². The number of aromatic nitrogens is 2. The molecule has 0 saturated heterocycles. The second kappa shape index (κ2) is 4.89. The van der Waals surface area contributed by atoms with Gasteiger partial charge in [-0.25, -0.2) is 4.39 Å².